The zero-order valence-electron chi connectivity index (χ0n) is 7.59. The summed E-state index contributed by atoms with van der Waals surface area (Å²) >= 11 is 5.64. The van der Waals surface area contributed by atoms with Crippen LogP contribution in [0.15, 0.2) is 18.2 Å². The molecular formula is C9H10Cl2F3N. The lowest BCUT2D eigenvalue weighted by Crippen LogP contribution is -2.16. The molecule has 0 saturated carbocycles. The van der Waals surface area contributed by atoms with Crippen molar-refractivity contribution in [1.82, 2.24) is 0 Å². The van der Waals surface area contributed by atoms with Crippen molar-refractivity contribution in [3.8, 4) is 0 Å². The first-order valence-corrected chi connectivity index (χ1v) is 4.37. The fourth-order valence-electron chi connectivity index (χ4n) is 1.17. The Bertz CT molecular complexity index is 300. The van der Waals surface area contributed by atoms with Crippen LogP contribution in [-0.4, -0.2) is 6.43 Å². The Morgan fingerprint density at radius 2 is 1.93 bits per heavy atom. The van der Waals surface area contributed by atoms with Crippen LogP contribution in [0.4, 0.5) is 13.2 Å². The predicted molar refractivity (Wildman–Crippen MR) is 56.2 cm³/mol. The van der Waals surface area contributed by atoms with Gasteiger partial charge >= 0.3 is 0 Å². The summed E-state index contributed by atoms with van der Waals surface area (Å²) in [5.41, 5.74) is 5.35. The van der Waals surface area contributed by atoms with E-state index in [0.717, 1.165) is 6.07 Å². The van der Waals surface area contributed by atoms with Gasteiger partial charge in [0.2, 0.25) is 6.43 Å². The van der Waals surface area contributed by atoms with Crippen molar-refractivity contribution in [2.75, 3.05) is 0 Å². The second kappa shape index (κ2) is 6.20. The summed E-state index contributed by atoms with van der Waals surface area (Å²) in [7, 11) is 0. The van der Waals surface area contributed by atoms with E-state index in [1.165, 1.54) is 12.1 Å². The van der Waals surface area contributed by atoms with E-state index in [9.17, 15) is 13.2 Å². The summed E-state index contributed by atoms with van der Waals surface area (Å²) in [5, 5.41) is 0.0816. The zero-order valence-corrected chi connectivity index (χ0v) is 9.16. The van der Waals surface area contributed by atoms with Crippen molar-refractivity contribution in [3.05, 3.63) is 34.6 Å². The van der Waals surface area contributed by atoms with Gasteiger partial charge in [0.1, 0.15) is 5.82 Å². The van der Waals surface area contributed by atoms with E-state index in [0.29, 0.717) is 0 Å². The molecule has 0 aliphatic heterocycles. The molecule has 0 aromatic heterocycles. The van der Waals surface area contributed by atoms with E-state index >= 15 is 0 Å². The van der Waals surface area contributed by atoms with Gasteiger partial charge in [0.25, 0.3) is 0 Å². The number of hydrogen-bond acceptors (Lipinski definition) is 1. The first-order valence-electron chi connectivity index (χ1n) is 4.00. The smallest absolute Gasteiger partial charge is 0.240 e. The molecule has 0 amide bonds. The number of benzene rings is 1. The highest BCUT2D eigenvalue weighted by Gasteiger charge is 2.18. The van der Waals surface area contributed by atoms with Crippen LogP contribution in [0.25, 0.3) is 0 Å². The monoisotopic (exact) mass is 259 g/mol. The van der Waals surface area contributed by atoms with Crippen LogP contribution in [0.1, 0.15) is 18.0 Å². The molecule has 1 nitrogen and oxygen atoms in total. The molecule has 1 atom stereocenters. The largest absolute Gasteiger partial charge is 0.324 e. The fraction of sp³-hybridized carbons (Fsp3) is 0.333. The lowest BCUT2D eigenvalue weighted by atomic mass is 10.0. The summed E-state index contributed by atoms with van der Waals surface area (Å²) in [6, 6.07) is 2.90. The van der Waals surface area contributed by atoms with E-state index in [4.69, 9.17) is 17.3 Å². The highest BCUT2D eigenvalue weighted by atomic mass is 35.5. The van der Waals surface area contributed by atoms with Gasteiger partial charge in [-0.15, -0.1) is 12.4 Å². The maximum Gasteiger partial charge on any atom is 0.240 e. The molecule has 1 rings (SSSR count). The number of alkyl halides is 2. The molecule has 0 aliphatic rings. The lowest BCUT2D eigenvalue weighted by molar-refractivity contribution is 0.128. The summed E-state index contributed by atoms with van der Waals surface area (Å²) in [5.74, 6) is -0.648. The first kappa shape index (κ1) is 14.6. The molecule has 2 N–H and O–H groups in total. The minimum atomic E-state index is -2.57. The van der Waals surface area contributed by atoms with Crippen LogP contribution in [-0.2, 0) is 0 Å². The molecule has 0 radical (unpaired) electrons. The zero-order chi connectivity index (χ0) is 10.7. The van der Waals surface area contributed by atoms with Crippen molar-refractivity contribution in [3.63, 3.8) is 0 Å². The topological polar surface area (TPSA) is 26.0 Å². The van der Waals surface area contributed by atoms with E-state index < -0.39 is 24.7 Å². The van der Waals surface area contributed by atoms with Crippen LogP contribution in [0.3, 0.4) is 0 Å². The third kappa shape index (κ3) is 3.89. The van der Waals surface area contributed by atoms with Gasteiger partial charge in [0.15, 0.2) is 0 Å². The van der Waals surface area contributed by atoms with Crippen molar-refractivity contribution in [2.45, 2.75) is 18.9 Å². The van der Waals surface area contributed by atoms with Gasteiger partial charge < -0.3 is 5.73 Å². The Kier molecular flexibility index (Phi) is 6.02. The average Bonchev–Trinajstić information content (AvgIpc) is 2.01. The second-order valence-corrected chi connectivity index (χ2v) is 3.28. The van der Waals surface area contributed by atoms with Crippen LogP contribution < -0.4 is 5.73 Å². The molecule has 0 fully saturated rings. The van der Waals surface area contributed by atoms with E-state index in [2.05, 4.69) is 0 Å². The molecule has 0 saturated heterocycles. The molecule has 15 heavy (non-hydrogen) atoms. The van der Waals surface area contributed by atoms with Crippen LogP contribution >= 0.6 is 24.0 Å². The molecule has 86 valence electrons. The standard InChI is InChI=1S/C9H9ClF3N.ClH/c10-5-2-1-3-6(11)9(5)7(14)4-8(12)13;/h1-3,7-8H,4,14H2;1H/t7-;/m0./s1. The molecule has 0 spiro atoms. The maximum atomic E-state index is 13.1. The molecule has 0 aliphatic carbocycles. The van der Waals surface area contributed by atoms with Gasteiger partial charge in [0, 0.05) is 23.0 Å². The summed E-state index contributed by atoms with van der Waals surface area (Å²) in [6.07, 6.45) is -3.17. The molecule has 0 heterocycles. The highest BCUT2D eigenvalue weighted by molar-refractivity contribution is 6.31. The van der Waals surface area contributed by atoms with E-state index in [-0.39, 0.29) is 23.0 Å². The minimum absolute atomic E-state index is 0. The Morgan fingerprint density at radius 1 is 1.33 bits per heavy atom. The van der Waals surface area contributed by atoms with Crippen molar-refractivity contribution < 1.29 is 13.2 Å². The second-order valence-electron chi connectivity index (χ2n) is 2.87. The van der Waals surface area contributed by atoms with E-state index in [1.54, 1.807) is 0 Å². The van der Waals surface area contributed by atoms with Gasteiger partial charge in [-0.2, -0.15) is 0 Å². The van der Waals surface area contributed by atoms with Crippen LogP contribution in [0.5, 0.6) is 0 Å². The number of nitrogens with two attached hydrogens (primary N) is 1. The number of hydrogen-bond donors (Lipinski definition) is 1. The summed E-state index contributed by atoms with van der Waals surface area (Å²) < 4.78 is 37.1. The molecule has 0 bridgehead atoms. The molecule has 0 unspecified atom stereocenters. The quantitative estimate of drug-likeness (QED) is 0.883. The average molecular weight is 260 g/mol. The summed E-state index contributed by atoms with van der Waals surface area (Å²) in [4.78, 5) is 0. The van der Waals surface area contributed by atoms with Gasteiger partial charge in [-0.3, -0.25) is 0 Å². The van der Waals surface area contributed by atoms with E-state index in [1.807, 2.05) is 0 Å². The Balaban J connectivity index is 0.00000196. The minimum Gasteiger partial charge on any atom is -0.324 e. The third-order valence-corrected chi connectivity index (χ3v) is 2.13. The van der Waals surface area contributed by atoms with Crippen LogP contribution in [0.2, 0.25) is 5.02 Å². The first-order chi connectivity index (χ1) is 6.52. The maximum absolute atomic E-state index is 13.1. The molecule has 1 aromatic rings. The Labute approximate surface area is 96.8 Å². The molecule has 1 aromatic carbocycles. The Hall–Kier alpha value is -0.450. The van der Waals surface area contributed by atoms with Crippen molar-refractivity contribution >= 4 is 24.0 Å². The van der Waals surface area contributed by atoms with Gasteiger partial charge in [0.05, 0.1) is 0 Å². The van der Waals surface area contributed by atoms with Gasteiger partial charge in [-0.05, 0) is 12.1 Å². The van der Waals surface area contributed by atoms with Gasteiger partial charge in [-0.25, -0.2) is 13.2 Å². The lowest BCUT2D eigenvalue weighted by Gasteiger charge is -2.13. The van der Waals surface area contributed by atoms with Crippen LogP contribution in [0, 0.1) is 5.82 Å². The third-order valence-electron chi connectivity index (χ3n) is 1.80. The SMILES string of the molecule is Cl.N[C@@H](CC(F)F)c1c(F)cccc1Cl. The number of halogens is 5. The van der Waals surface area contributed by atoms with Gasteiger partial charge in [-0.1, -0.05) is 17.7 Å². The summed E-state index contributed by atoms with van der Waals surface area (Å²) in [6.45, 7) is 0. The van der Waals surface area contributed by atoms with Crippen molar-refractivity contribution in [1.29, 1.82) is 0 Å². The predicted octanol–water partition coefficient (Wildman–Crippen LogP) is 3.56. The molecular weight excluding hydrogens is 250 g/mol. The normalized spacial score (nSPS) is 12.4. The van der Waals surface area contributed by atoms with Crippen molar-refractivity contribution in [2.24, 2.45) is 5.73 Å². The Morgan fingerprint density at radius 3 is 2.40 bits per heavy atom. The number of rotatable bonds is 3. The molecule has 6 heteroatoms. The highest BCUT2D eigenvalue weighted by Crippen LogP contribution is 2.27. The fourth-order valence-corrected chi connectivity index (χ4v) is 1.48.